The number of ether oxygens (including phenoxy) is 1. The molecular formula is C22H28O4. The van der Waals surface area contributed by atoms with Gasteiger partial charge in [-0.05, 0) is 73.8 Å². The Morgan fingerprint density at radius 2 is 2.19 bits per heavy atom. The van der Waals surface area contributed by atoms with Crippen LogP contribution >= 0.6 is 0 Å². The van der Waals surface area contributed by atoms with Gasteiger partial charge < -0.3 is 9.84 Å². The summed E-state index contributed by atoms with van der Waals surface area (Å²) in [4.78, 5) is 24.1. The zero-order chi connectivity index (χ0) is 21.2. The Bertz CT molecular complexity index is 810. The number of ketones is 1. The average molecular weight is 359 g/mol. The van der Waals surface area contributed by atoms with Crippen LogP contribution in [0, 0.1) is 41.4 Å². The lowest BCUT2D eigenvalue weighted by Gasteiger charge is -2.56. The molecule has 4 aliphatic rings. The highest BCUT2D eigenvalue weighted by molar-refractivity contribution is 5.91. The Hall–Kier alpha value is -1.60. The minimum absolute atomic E-state index is 0.0955. The summed E-state index contributed by atoms with van der Waals surface area (Å²) >= 11 is 0. The van der Waals surface area contributed by atoms with E-state index in [0.29, 0.717) is 25.2 Å². The topological polar surface area (TPSA) is 63.6 Å². The number of aliphatic hydroxyl groups is 1. The Balaban J connectivity index is 1.65. The van der Waals surface area contributed by atoms with E-state index in [1.807, 2.05) is 6.92 Å². The first-order chi connectivity index (χ1) is 13.5. The fraction of sp³-hybridized carbons (Fsp3) is 0.727. The van der Waals surface area contributed by atoms with Crippen LogP contribution in [0.4, 0.5) is 0 Å². The first-order valence-electron chi connectivity index (χ1n) is 11.2. The molecule has 0 saturated heterocycles. The van der Waals surface area contributed by atoms with E-state index < -0.39 is 29.9 Å². The van der Waals surface area contributed by atoms with E-state index in [4.69, 9.17) is 15.3 Å². The number of hydrogen-bond acceptors (Lipinski definition) is 4. The monoisotopic (exact) mass is 359 g/mol. The molecule has 0 aromatic rings. The standard InChI is InChI=1S/C22H28O4/c1-4-22(26-13(2)23)10-8-19-17-12-20(25)18-11-14(24)5-6-15(18)16(17)7-9-21(19,22)3/h1,11,15-17,19-20,25H,5-10,12H2,2-3H3/t15-,16-,17-,19+,20+,21+,22+/m1/s1/i2D3. The highest BCUT2D eigenvalue weighted by Gasteiger charge is 2.64. The summed E-state index contributed by atoms with van der Waals surface area (Å²) in [6, 6.07) is 0. The first kappa shape index (κ1) is 14.5. The van der Waals surface area contributed by atoms with Gasteiger partial charge in [0, 0.05) is 22.8 Å². The second-order valence-electron chi connectivity index (χ2n) is 8.80. The van der Waals surface area contributed by atoms with Gasteiger partial charge >= 0.3 is 5.97 Å². The Kier molecular flexibility index (Phi) is 3.31. The maximum atomic E-state index is 12.2. The third kappa shape index (κ3) is 2.33. The molecule has 0 unspecified atom stereocenters. The molecule has 7 atom stereocenters. The molecule has 0 aromatic heterocycles. The number of terminal acetylenes is 1. The van der Waals surface area contributed by atoms with E-state index in [2.05, 4.69) is 5.92 Å². The smallest absolute Gasteiger partial charge is 0.304 e. The third-order valence-electron chi connectivity index (χ3n) is 7.97. The predicted octanol–water partition coefficient (Wildman–Crippen LogP) is 3.03. The van der Waals surface area contributed by atoms with Crippen molar-refractivity contribution in [1.82, 2.24) is 0 Å². The molecular weight excluding hydrogens is 328 g/mol. The lowest BCUT2D eigenvalue weighted by atomic mass is 9.50. The fourth-order valence-electron chi connectivity index (χ4n) is 6.77. The van der Waals surface area contributed by atoms with Crippen molar-refractivity contribution in [3.63, 3.8) is 0 Å². The van der Waals surface area contributed by atoms with E-state index in [1.165, 1.54) is 0 Å². The van der Waals surface area contributed by atoms with Gasteiger partial charge in [-0.25, -0.2) is 0 Å². The minimum atomic E-state index is -2.84. The van der Waals surface area contributed by atoms with Crippen LogP contribution in [0.2, 0.25) is 0 Å². The molecule has 0 aromatic carbocycles. The molecule has 0 bridgehead atoms. The van der Waals surface area contributed by atoms with Gasteiger partial charge in [0.15, 0.2) is 11.4 Å². The molecule has 4 nitrogen and oxygen atoms in total. The molecule has 3 saturated carbocycles. The molecule has 0 amide bonds. The van der Waals surface area contributed by atoms with E-state index in [1.54, 1.807) is 6.08 Å². The Morgan fingerprint density at radius 1 is 1.38 bits per heavy atom. The van der Waals surface area contributed by atoms with E-state index in [0.717, 1.165) is 31.3 Å². The van der Waals surface area contributed by atoms with Crippen molar-refractivity contribution in [2.45, 2.75) is 70.4 Å². The van der Waals surface area contributed by atoms with Gasteiger partial charge in [0.2, 0.25) is 0 Å². The number of aliphatic hydroxyl groups excluding tert-OH is 1. The summed E-state index contributed by atoms with van der Waals surface area (Å²) in [7, 11) is 0. The van der Waals surface area contributed by atoms with Gasteiger partial charge in [0.25, 0.3) is 0 Å². The summed E-state index contributed by atoms with van der Waals surface area (Å²) in [6.45, 7) is -0.819. The van der Waals surface area contributed by atoms with Gasteiger partial charge in [-0.15, -0.1) is 6.42 Å². The molecule has 0 radical (unpaired) electrons. The van der Waals surface area contributed by atoms with Crippen molar-refractivity contribution in [3.05, 3.63) is 11.6 Å². The maximum Gasteiger partial charge on any atom is 0.304 e. The van der Waals surface area contributed by atoms with Crippen molar-refractivity contribution in [2.24, 2.45) is 29.1 Å². The number of rotatable bonds is 1. The Labute approximate surface area is 159 Å². The quantitative estimate of drug-likeness (QED) is 0.577. The largest absolute Gasteiger partial charge is 0.445 e. The van der Waals surface area contributed by atoms with Crippen molar-refractivity contribution in [2.75, 3.05) is 0 Å². The number of hydrogen-bond donors (Lipinski definition) is 1. The molecule has 3 fully saturated rings. The predicted molar refractivity (Wildman–Crippen MR) is 96.8 cm³/mol. The maximum absolute atomic E-state index is 12.2. The van der Waals surface area contributed by atoms with Crippen LogP contribution in [0.15, 0.2) is 11.6 Å². The van der Waals surface area contributed by atoms with Crippen LogP contribution in [0.5, 0.6) is 0 Å². The highest BCUT2D eigenvalue weighted by atomic mass is 16.6. The molecule has 4 aliphatic carbocycles. The third-order valence-corrected chi connectivity index (χ3v) is 7.97. The molecule has 4 heteroatoms. The van der Waals surface area contributed by atoms with E-state index in [9.17, 15) is 14.7 Å². The molecule has 4 rings (SSSR count). The summed E-state index contributed by atoms with van der Waals surface area (Å²) in [5.74, 6) is 2.50. The molecule has 1 N–H and O–H groups in total. The van der Waals surface area contributed by atoms with Crippen LogP contribution in [-0.4, -0.2) is 28.6 Å². The van der Waals surface area contributed by atoms with Crippen LogP contribution in [0.1, 0.15) is 62.8 Å². The van der Waals surface area contributed by atoms with E-state index in [-0.39, 0.29) is 23.5 Å². The van der Waals surface area contributed by atoms with Gasteiger partial charge in [0.05, 0.1) is 6.10 Å². The van der Waals surface area contributed by atoms with Gasteiger partial charge in [-0.3, -0.25) is 9.59 Å². The van der Waals surface area contributed by atoms with Crippen molar-refractivity contribution < 1.29 is 23.5 Å². The van der Waals surface area contributed by atoms with Gasteiger partial charge in [0.1, 0.15) is 0 Å². The highest BCUT2D eigenvalue weighted by Crippen LogP contribution is 2.65. The normalized spacial score (nSPS) is 49.3. The average Bonchev–Trinajstić information content (AvgIpc) is 2.94. The molecule has 0 heterocycles. The second kappa shape index (κ2) is 5.96. The van der Waals surface area contributed by atoms with Crippen LogP contribution in [-0.2, 0) is 14.3 Å². The number of fused-ring (bicyclic) bond motifs is 5. The summed E-state index contributed by atoms with van der Waals surface area (Å²) in [5, 5.41) is 10.8. The fourth-order valence-corrected chi connectivity index (χ4v) is 6.77. The minimum Gasteiger partial charge on any atom is -0.445 e. The number of esters is 1. The molecule has 0 spiro atoms. The second-order valence-corrected chi connectivity index (χ2v) is 8.80. The Morgan fingerprint density at radius 3 is 2.92 bits per heavy atom. The van der Waals surface area contributed by atoms with Crippen molar-refractivity contribution >= 4 is 11.8 Å². The SMILES string of the molecule is [2H]C([2H])([2H])C(=O)O[C@@]1(C#C)CC[C@H]2[C@@H]3C[C@H](O)C4=CC(=O)CC[C@@H]4[C@H]3CC[C@@]21C. The molecule has 140 valence electrons. The summed E-state index contributed by atoms with van der Waals surface area (Å²) in [6.07, 6.45) is 11.6. The van der Waals surface area contributed by atoms with Crippen molar-refractivity contribution in [1.29, 1.82) is 0 Å². The lowest BCUT2D eigenvalue weighted by Crippen LogP contribution is -2.55. The summed E-state index contributed by atoms with van der Waals surface area (Å²) in [5.41, 5.74) is -0.853. The zero-order valence-corrected chi connectivity index (χ0v) is 15.2. The van der Waals surface area contributed by atoms with Gasteiger partial charge in [-0.2, -0.15) is 0 Å². The van der Waals surface area contributed by atoms with Gasteiger partial charge in [-0.1, -0.05) is 12.8 Å². The first-order valence-corrected chi connectivity index (χ1v) is 9.66. The summed E-state index contributed by atoms with van der Waals surface area (Å²) < 4.78 is 27.7. The van der Waals surface area contributed by atoms with E-state index >= 15 is 0 Å². The lowest BCUT2D eigenvalue weighted by molar-refractivity contribution is -0.168. The zero-order valence-electron chi connectivity index (χ0n) is 18.2. The van der Waals surface area contributed by atoms with Crippen LogP contribution < -0.4 is 0 Å². The van der Waals surface area contributed by atoms with Crippen LogP contribution in [0.3, 0.4) is 0 Å². The molecule has 0 aliphatic heterocycles. The van der Waals surface area contributed by atoms with Crippen LogP contribution in [0.25, 0.3) is 0 Å². The number of carbonyl (C=O) groups is 2. The number of carbonyl (C=O) groups excluding carboxylic acids is 2. The molecule has 26 heavy (non-hydrogen) atoms. The van der Waals surface area contributed by atoms with Crippen molar-refractivity contribution in [3.8, 4) is 12.3 Å².